The second-order valence-electron chi connectivity index (χ2n) is 3.77. The summed E-state index contributed by atoms with van der Waals surface area (Å²) < 4.78 is 23.0. The highest BCUT2D eigenvalue weighted by molar-refractivity contribution is 7.90. The van der Waals surface area contributed by atoms with Gasteiger partial charge in [-0.3, -0.25) is 4.79 Å². The number of anilines is 1. The zero-order valence-corrected chi connectivity index (χ0v) is 10.6. The summed E-state index contributed by atoms with van der Waals surface area (Å²) in [7, 11) is -3.37. The maximum absolute atomic E-state index is 11.6. The van der Waals surface area contributed by atoms with Gasteiger partial charge < -0.3 is 11.1 Å². The van der Waals surface area contributed by atoms with Crippen LogP contribution in [0.5, 0.6) is 0 Å². The number of carbonyl (C=O) groups excluding carboxylic acids is 1. The fourth-order valence-corrected chi connectivity index (χ4v) is 2.15. The lowest BCUT2D eigenvalue weighted by Crippen LogP contribution is -2.35. The van der Waals surface area contributed by atoms with Crippen LogP contribution in [0.25, 0.3) is 0 Å². The minimum Gasteiger partial charge on any atom is -0.324 e. The normalized spacial score (nSPS) is 13.1. The third kappa shape index (κ3) is 3.54. The average Bonchev–Trinajstić information content (AvgIpc) is 2.27. The molecule has 0 aliphatic carbocycles. The summed E-state index contributed by atoms with van der Waals surface area (Å²) in [6.07, 6.45) is 1.59. The molecular weight excluding hydrogens is 240 g/mol. The van der Waals surface area contributed by atoms with Gasteiger partial charge in [0.05, 0.1) is 16.6 Å². The van der Waals surface area contributed by atoms with Crippen molar-refractivity contribution in [2.75, 3.05) is 11.6 Å². The first kappa shape index (κ1) is 13.7. The van der Waals surface area contributed by atoms with E-state index in [0.29, 0.717) is 6.42 Å². The highest BCUT2D eigenvalue weighted by Gasteiger charge is 2.17. The van der Waals surface area contributed by atoms with Crippen LogP contribution in [0.4, 0.5) is 5.69 Å². The van der Waals surface area contributed by atoms with E-state index in [2.05, 4.69) is 5.32 Å². The Morgan fingerprint density at radius 2 is 2.00 bits per heavy atom. The molecule has 94 valence electrons. The molecule has 1 aromatic rings. The monoisotopic (exact) mass is 256 g/mol. The van der Waals surface area contributed by atoms with Crippen LogP contribution in [-0.4, -0.2) is 26.6 Å². The maximum Gasteiger partial charge on any atom is 0.241 e. The summed E-state index contributed by atoms with van der Waals surface area (Å²) in [5, 5.41) is 2.52. The van der Waals surface area contributed by atoms with Crippen LogP contribution in [0.1, 0.15) is 13.3 Å². The first-order valence-electron chi connectivity index (χ1n) is 5.21. The summed E-state index contributed by atoms with van der Waals surface area (Å²) >= 11 is 0. The molecule has 0 heterocycles. The number of hydrogen-bond acceptors (Lipinski definition) is 4. The fraction of sp³-hybridized carbons (Fsp3) is 0.364. The van der Waals surface area contributed by atoms with E-state index in [-0.39, 0.29) is 16.5 Å². The predicted octanol–water partition coefficient (Wildman–Crippen LogP) is 0.766. The lowest BCUT2D eigenvalue weighted by Gasteiger charge is -2.12. The number of nitrogens with one attached hydrogen (secondary N) is 1. The van der Waals surface area contributed by atoms with E-state index in [1.54, 1.807) is 19.1 Å². The minimum atomic E-state index is -3.37. The average molecular weight is 256 g/mol. The van der Waals surface area contributed by atoms with Gasteiger partial charge in [0.25, 0.3) is 0 Å². The van der Waals surface area contributed by atoms with Crippen LogP contribution in [0.3, 0.4) is 0 Å². The number of rotatable bonds is 4. The van der Waals surface area contributed by atoms with Gasteiger partial charge >= 0.3 is 0 Å². The van der Waals surface area contributed by atoms with E-state index in [4.69, 9.17) is 5.73 Å². The van der Waals surface area contributed by atoms with Crippen molar-refractivity contribution >= 4 is 21.4 Å². The Bertz CT molecular complexity index is 511. The van der Waals surface area contributed by atoms with Crippen LogP contribution in [0, 0.1) is 0 Å². The Labute approximate surface area is 101 Å². The molecule has 5 nitrogen and oxygen atoms in total. The van der Waals surface area contributed by atoms with Crippen molar-refractivity contribution in [2.45, 2.75) is 24.3 Å². The van der Waals surface area contributed by atoms with Crippen LogP contribution in [0.15, 0.2) is 29.2 Å². The van der Waals surface area contributed by atoms with Crippen molar-refractivity contribution in [3.8, 4) is 0 Å². The van der Waals surface area contributed by atoms with Gasteiger partial charge in [0.2, 0.25) is 5.91 Å². The number of hydrogen-bond donors (Lipinski definition) is 2. The smallest absolute Gasteiger partial charge is 0.241 e. The Morgan fingerprint density at radius 1 is 1.41 bits per heavy atom. The first-order chi connectivity index (χ1) is 7.86. The zero-order valence-electron chi connectivity index (χ0n) is 9.80. The Morgan fingerprint density at radius 3 is 2.53 bits per heavy atom. The second-order valence-corrected chi connectivity index (χ2v) is 5.76. The Hall–Kier alpha value is -1.40. The Kier molecular flexibility index (Phi) is 4.25. The van der Waals surface area contributed by atoms with Crippen molar-refractivity contribution in [2.24, 2.45) is 5.73 Å². The number of para-hydroxylation sites is 1. The van der Waals surface area contributed by atoms with E-state index in [1.165, 1.54) is 12.1 Å². The molecule has 1 aromatic carbocycles. The molecule has 0 radical (unpaired) electrons. The Balaban J connectivity index is 3.04. The quantitative estimate of drug-likeness (QED) is 0.832. The molecule has 0 aliphatic heterocycles. The van der Waals surface area contributed by atoms with E-state index < -0.39 is 15.9 Å². The molecule has 17 heavy (non-hydrogen) atoms. The molecule has 0 fully saturated rings. The largest absolute Gasteiger partial charge is 0.324 e. The topological polar surface area (TPSA) is 89.3 Å². The van der Waals surface area contributed by atoms with Gasteiger partial charge in [-0.15, -0.1) is 0 Å². The molecular formula is C11H16N2O3S. The standard InChI is InChI=1S/C11H16N2O3S/c1-3-8(12)11(14)13-9-6-4-5-7-10(9)17(2,15)16/h4-8H,3,12H2,1-2H3,(H,13,14)/t8-/m0/s1. The van der Waals surface area contributed by atoms with Gasteiger partial charge in [0, 0.05) is 6.26 Å². The third-order valence-electron chi connectivity index (χ3n) is 2.32. The van der Waals surface area contributed by atoms with Crippen LogP contribution in [-0.2, 0) is 14.6 Å². The highest BCUT2D eigenvalue weighted by Crippen LogP contribution is 2.20. The van der Waals surface area contributed by atoms with Crippen LogP contribution >= 0.6 is 0 Å². The van der Waals surface area contributed by atoms with Crippen molar-refractivity contribution in [1.82, 2.24) is 0 Å². The lowest BCUT2D eigenvalue weighted by molar-refractivity contribution is -0.117. The van der Waals surface area contributed by atoms with E-state index in [9.17, 15) is 13.2 Å². The molecule has 0 aromatic heterocycles. The van der Waals surface area contributed by atoms with E-state index >= 15 is 0 Å². The SMILES string of the molecule is CC[C@H](N)C(=O)Nc1ccccc1S(C)(=O)=O. The molecule has 0 saturated heterocycles. The molecule has 1 amide bonds. The summed E-state index contributed by atoms with van der Waals surface area (Å²) in [5.41, 5.74) is 5.83. The van der Waals surface area contributed by atoms with Gasteiger partial charge in [0.15, 0.2) is 9.84 Å². The van der Waals surface area contributed by atoms with Gasteiger partial charge in [-0.2, -0.15) is 0 Å². The molecule has 1 atom stereocenters. The molecule has 0 aliphatic rings. The first-order valence-corrected chi connectivity index (χ1v) is 7.11. The van der Waals surface area contributed by atoms with Crippen LogP contribution in [0.2, 0.25) is 0 Å². The number of benzene rings is 1. The fourth-order valence-electron chi connectivity index (χ4n) is 1.30. The zero-order chi connectivity index (χ0) is 13.1. The third-order valence-corrected chi connectivity index (χ3v) is 3.48. The molecule has 0 spiro atoms. The van der Waals surface area contributed by atoms with Crippen molar-refractivity contribution in [3.05, 3.63) is 24.3 Å². The highest BCUT2D eigenvalue weighted by atomic mass is 32.2. The van der Waals surface area contributed by atoms with Gasteiger partial charge in [-0.05, 0) is 18.6 Å². The lowest BCUT2D eigenvalue weighted by atomic mass is 10.2. The molecule has 0 saturated carbocycles. The summed E-state index contributed by atoms with van der Waals surface area (Å²) in [6.45, 7) is 1.78. The van der Waals surface area contributed by atoms with E-state index in [0.717, 1.165) is 6.26 Å². The molecule has 1 rings (SSSR count). The molecule has 3 N–H and O–H groups in total. The van der Waals surface area contributed by atoms with Gasteiger partial charge in [-0.1, -0.05) is 19.1 Å². The van der Waals surface area contributed by atoms with Crippen molar-refractivity contribution in [3.63, 3.8) is 0 Å². The van der Waals surface area contributed by atoms with Crippen molar-refractivity contribution in [1.29, 1.82) is 0 Å². The summed E-state index contributed by atoms with van der Waals surface area (Å²) in [6, 6.07) is 5.61. The van der Waals surface area contributed by atoms with Crippen molar-refractivity contribution < 1.29 is 13.2 Å². The van der Waals surface area contributed by atoms with Crippen LogP contribution < -0.4 is 11.1 Å². The molecule has 0 unspecified atom stereocenters. The maximum atomic E-state index is 11.6. The molecule has 6 heteroatoms. The summed E-state index contributed by atoms with van der Waals surface area (Å²) in [5.74, 6) is -0.386. The van der Waals surface area contributed by atoms with Gasteiger partial charge in [-0.25, -0.2) is 8.42 Å². The van der Waals surface area contributed by atoms with Gasteiger partial charge in [0.1, 0.15) is 0 Å². The molecule has 0 bridgehead atoms. The number of nitrogens with two attached hydrogens (primary N) is 1. The second kappa shape index (κ2) is 5.29. The summed E-state index contributed by atoms with van der Waals surface area (Å²) in [4.78, 5) is 11.7. The number of amides is 1. The van der Waals surface area contributed by atoms with E-state index in [1.807, 2.05) is 0 Å². The minimum absolute atomic E-state index is 0.0941. The number of sulfone groups is 1. The predicted molar refractivity (Wildman–Crippen MR) is 66.4 cm³/mol. The number of carbonyl (C=O) groups is 1.